The van der Waals surface area contributed by atoms with Crippen molar-refractivity contribution in [3.05, 3.63) is 24.3 Å². The Morgan fingerprint density at radius 3 is 2.17 bits per heavy atom. The van der Waals surface area contributed by atoms with Crippen molar-refractivity contribution in [1.29, 1.82) is 0 Å². The van der Waals surface area contributed by atoms with Crippen LogP contribution in [0.4, 0.5) is 0 Å². The molecule has 0 atom stereocenters. The molecule has 0 amide bonds. The van der Waals surface area contributed by atoms with Crippen LogP contribution < -0.4 is 9.46 Å². The van der Waals surface area contributed by atoms with Crippen molar-refractivity contribution in [2.24, 2.45) is 0 Å². The lowest BCUT2D eigenvalue weighted by molar-refractivity contribution is -0.150. The Morgan fingerprint density at radius 1 is 1.12 bits per heavy atom. The van der Waals surface area contributed by atoms with Gasteiger partial charge in [-0.25, -0.2) is 8.42 Å². The minimum atomic E-state index is -3.87. The number of methoxy groups -OCH3 is 3. The predicted molar refractivity (Wildman–Crippen MR) is 87.3 cm³/mol. The van der Waals surface area contributed by atoms with Gasteiger partial charge in [0.15, 0.2) is 0 Å². The maximum Gasteiger partial charge on any atom is 0.327 e. The Balaban J connectivity index is 2.26. The van der Waals surface area contributed by atoms with Gasteiger partial charge in [0, 0.05) is 7.11 Å². The van der Waals surface area contributed by atoms with Crippen molar-refractivity contribution in [2.75, 3.05) is 21.3 Å². The Bertz CT molecular complexity index is 662. The molecule has 0 unspecified atom stereocenters. The first-order chi connectivity index (χ1) is 11.4. The molecule has 1 fully saturated rings. The number of benzene rings is 1. The molecule has 1 aliphatic rings. The quantitative estimate of drug-likeness (QED) is 0.776. The van der Waals surface area contributed by atoms with Gasteiger partial charge in [0.2, 0.25) is 10.0 Å². The highest BCUT2D eigenvalue weighted by Crippen LogP contribution is 2.32. The van der Waals surface area contributed by atoms with Gasteiger partial charge in [-0.1, -0.05) is 0 Å². The Labute approximate surface area is 142 Å². The highest BCUT2D eigenvalue weighted by molar-refractivity contribution is 7.89. The van der Waals surface area contributed by atoms with Gasteiger partial charge < -0.3 is 14.2 Å². The number of ether oxygens (including phenoxy) is 3. The van der Waals surface area contributed by atoms with Crippen LogP contribution in [0, 0.1) is 0 Å². The summed E-state index contributed by atoms with van der Waals surface area (Å²) in [7, 11) is 0.499. The van der Waals surface area contributed by atoms with E-state index in [1.54, 1.807) is 19.2 Å². The lowest BCUT2D eigenvalue weighted by Crippen LogP contribution is -2.57. The highest BCUT2D eigenvalue weighted by Gasteiger charge is 2.46. The smallest absolute Gasteiger partial charge is 0.327 e. The largest absolute Gasteiger partial charge is 0.497 e. The van der Waals surface area contributed by atoms with Crippen LogP contribution >= 0.6 is 0 Å². The van der Waals surface area contributed by atoms with E-state index >= 15 is 0 Å². The molecule has 1 saturated carbocycles. The number of nitrogens with one attached hydrogen (secondary N) is 1. The van der Waals surface area contributed by atoms with E-state index in [2.05, 4.69) is 4.72 Å². The van der Waals surface area contributed by atoms with E-state index in [1.165, 1.54) is 26.4 Å². The zero-order valence-electron chi connectivity index (χ0n) is 14.1. The third kappa shape index (κ3) is 3.88. The van der Waals surface area contributed by atoms with Crippen LogP contribution in [0.25, 0.3) is 0 Å². The van der Waals surface area contributed by atoms with Crippen LogP contribution in [-0.2, 0) is 24.3 Å². The molecule has 134 valence electrons. The standard InChI is InChI=1S/C16H23NO6S/c1-21-12-4-6-14(7-5-12)24(19,20)17-16(15(18)23-3)10-8-13(22-2)9-11-16/h4-7,13,17H,8-11H2,1-3H3. The van der Waals surface area contributed by atoms with Gasteiger partial charge in [-0.05, 0) is 49.9 Å². The molecule has 1 aromatic carbocycles. The second kappa shape index (κ2) is 7.50. The molecule has 8 heteroatoms. The van der Waals surface area contributed by atoms with Gasteiger partial charge in [0.25, 0.3) is 0 Å². The van der Waals surface area contributed by atoms with Crippen LogP contribution in [0.15, 0.2) is 29.2 Å². The van der Waals surface area contributed by atoms with Gasteiger partial charge in [0.1, 0.15) is 11.3 Å². The van der Waals surface area contributed by atoms with Gasteiger partial charge in [0.05, 0.1) is 25.2 Å². The number of hydrogen-bond acceptors (Lipinski definition) is 6. The summed E-state index contributed by atoms with van der Waals surface area (Å²) < 4.78 is 43.1. The fourth-order valence-electron chi connectivity index (χ4n) is 2.93. The maximum absolute atomic E-state index is 12.7. The number of esters is 1. The van der Waals surface area contributed by atoms with Gasteiger partial charge in [-0.15, -0.1) is 0 Å². The SMILES string of the molecule is COC(=O)C1(NS(=O)(=O)c2ccc(OC)cc2)CCC(OC)CC1. The molecule has 0 aliphatic heterocycles. The molecule has 0 saturated heterocycles. The second-order valence-electron chi connectivity index (χ2n) is 5.79. The van der Waals surface area contributed by atoms with Crippen molar-refractivity contribution < 1.29 is 27.4 Å². The first kappa shape index (κ1) is 18.7. The molecular formula is C16H23NO6S. The van der Waals surface area contributed by atoms with E-state index in [9.17, 15) is 13.2 Å². The van der Waals surface area contributed by atoms with Crippen LogP contribution in [0.5, 0.6) is 5.75 Å². The first-order valence-electron chi connectivity index (χ1n) is 7.66. The summed E-state index contributed by atoms with van der Waals surface area (Å²) in [5, 5.41) is 0. The van der Waals surface area contributed by atoms with Gasteiger partial charge in [-0.2, -0.15) is 4.72 Å². The Morgan fingerprint density at radius 2 is 1.71 bits per heavy atom. The van der Waals surface area contributed by atoms with Crippen LogP contribution in [0.3, 0.4) is 0 Å². The number of carbonyl (C=O) groups is 1. The third-order valence-electron chi connectivity index (χ3n) is 4.40. The summed E-state index contributed by atoms with van der Waals surface area (Å²) in [6, 6.07) is 5.99. The topological polar surface area (TPSA) is 90.9 Å². The van der Waals surface area contributed by atoms with Crippen molar-refractivity contribution >= 4 is 16.0 Å². The Hall–Kier alpha value is -1.64. The van der Waals surface area contributed by atoms with E-state index in [-0.39, 0.29) is 11.0 Å². The third-order valence-corrected chi connectivity index (χ3v) is 5.95. The molecule has 2 rings (SSSR count). The first-order valence-corrected chi connectivity index (χ1v) is 9.14. The fourth-order valence-corrected chi connectivity index (χ4v) is 4.35. The van der Waals surface area contributed by atoms with Gasteiger partial charge >= 0.3 is 5.97 Å². The number of hydrogen-bond donors (Lipinski definition) is 1. The van der Waals surface area contributed by atoms with Crippen molar-refractivity contribution in [3.8, 4) is 5.75 Å². The summed E-state index contributed by atoms with van der Waals surface area (Å²) >= 11 is 0. The molecule has 24 heavy (non-hydrogen) atoms. The molecule has 0 spiro atoms. The molecule has 0 aromatic heterocycles. The molecule has 1 aromatic rings. The van der Waals surface area contributed by atoms with E-state index in [0.717, 1.165) is 0 Å². The fraction of sp³-hybridized carbons (Fsp3) is 0.562. The minimum Gasteiger partial charge on any atom is -0.497 e. The van der Waals surface area contributed by atoms with Crippen molar-refractivity contribution in [2.45, 2.75) is 42.2 Å². The molecular weight excluding hydrogens is 334 g/mol. The lowest BCUT2D eigenvalue weighted by Gasteiger charge is -2.37. The molecule has 0 radical (unpaired) electrons. The van der Waals surface area contributed by atoms with Crippen LogP contribution in [0.2, 0.25) is 0 Å². The highest BCUT2D eigenvalue weighted by atomic mass is 32.2. The number of sulfonamides is 1. The second-order valence-corrected chi connectivity index (χ2v) is 7.47. The maximum atomic E-state index is 12.7. The average molecular weight is 357 g/mol. The molecule has 7 nitrogen and oxygen atoms in total. The lowest BCUT2D eigenvalue weighted by atomic mass is 9.81. The molecule has 0 bridgehead atoms. The van der Waals surface area contributed by atoms with E-state index < -0.39 is 21.5 Å². The number of rotatable bonds is 6. The normalized spacial score (nSPS) is 24.4. The predicted octanol–water partition coefficient (Wildman–Crippen LogP) is 1.47. The average Bonchev–Trinajstić information content (AvgIpc) is 2.61. The van der Waals surface area contributed by atoms with E-state index in [1.807, 2.05) is 0 Å². The minimum absolute atomic E-state index is 0.0215. The van der Waals surface area contributed by atoms with Crippen LogP contribution in [0.1, 0.15) is 25.7 Å². The van der Waals surface area contributed by atoms with Crippen molar-refractivity contribution in [3.63, 3.8) is 0 Å². The summed E-state index contributed by atoms with van der Waals surface area (Å²) in [4.78, 5) is 12.4. The zero-order valence-corrected chi connectivity index (χ0v) is 14.9. The summed E-state index contributed by atoms with van der Waals surface area (Å²) in [5.41, 5.74) is -1.26. The summed E-state index contributed by atoms with van der Waals surface area (Å²) in [5.74, 6) is -0.0219. The summed E-state index contributed by atoms with van der Waals surface area (Å²) in [6.07, 6.45) is 1.84. The van der Waals surface area contributed by atoms with Gasteiger partial charge in [-0.3, -0.25) is 4.79 Å². The molecule has 0 heterocycles. The molecule has 1 N–H and O–H groups in total. The Kier molecular flexibility index (Phi) is 5.84. The number of carbonyl (C=O) groups excluding carboxylic acids is 1. The summed E-state index contributed by atoms with van der Waals surface area (Å²) in [6.45, 7) is 0. The molecule has 1 aliphatic carbocycles. The van der Waals surface area contributed by atoms with E-state index in [0.29, 0.717) is 31.4 Å². The zero-order chi connectivity index (χ0) is 17.8. The van der Waals surface area contributed by atoms with E-state index in [4.69, 9.17) is 14.2 Å². The van der Waals surface area contributed by atoms with Crippen molar-refractivity contribution in [1.82, 2.24) is 4.72 Å². The monoisotopic (exact) mass is 357 g/mol. The van der Waals surface area contributed by atoms with Crippen LogP contribution in [-0.4, -0.2) is 47.4 Å².